The van der Waals surface area contributed by atoms with Gasteiger partial charge >= 0.3 is 5.69 Å². The van der Waals surface area contributed by atoms with E-state index in [1.165, 1.54) is 19.2 Å². The molecule has 1 aliphatic carbocycles. The molecule has 0 bridgehead atoms. The number of nitro groups is 1. The molecule has 132 valence electrons. The van der Waals surface area contributed by atoms with Crippen molar-refractivity contribution in [2.45, 2.75) is 37.8 Å². The zero-order chi connectivity index (χ0) is 17.8. The highest BCUT2D eigenvalue weighted by atomic mass is 16.6. The molecule has 0 aliphatic heterocycles. The van der Waals surface area contributed by atoms with Crippen molar-refractivity contribution in [3.8, 4) is 5.75 Å². The van der Waals surface area contributed by atoms with Gasteiger partial charge in [-0.15, -0.1) is 0 Å². The van der Waals surface area contributed by atoms with E-state index in [9.17, 15) is 14.9 Å². The number of rotatable bonds is 5. The topological polar surface area (TPSA) is 99.3 Å². The second-order valence-corrected chi connectivity index (χ2v) is 6.03. The number of nitrogens with zero attached hydrogens (tertiary/aromatic N) is 3. The van der Waals surface area contributed by atoms with Gasteiger partial charge in [-0.05, 0) is 31.0 Å². The summed E-state index contributed by atoms with van der Waals surface area (Å²) in [4.78, 5) is 23.5. The van der Waals surface area contributed by atoms with Gasteiger partial charge in [0, 0.05) is 12.4 Å². The second kappa shape index (κ2) is 7.33. The molecular weight excluding hydrogens is 324 g/mol. The predicted molar refractivity (Wildman–Crippen MR) is 90.6 cm³/mol. The standard InChI is InChI=1S/C17H20N4O4/c1-25-15-9-4-6-12(16(15)21(23)24)17(22)19-13-7-2-3-8-14(13)20-11-5-10-18-20/h4-6,9-11,13-14H,2-3,7-8H2,1H3,(H,19,22)/t13-,14+/m0/s1. The molecule has 25 heavy (non-hydrogen) atoms. The first-order valence-electron chi connectivity index (χ1n) is 8.23. The summed E-state index contributed by atoms with van der Waals surface area (Å²) in [6.07, 6.45) is 7.38. The van der Waals surface area contributed by atoms with Crippen molar-refractivity contribution >= 4 is 11.6 Å². The van der Waals surface area contributed by atoms with Crippen LogP contribution in [-0.2, 0) is 0 Å². The SMILES string of the molecule is COc1cccc(C(=O)N[C@H]2CCCC[C@H]2n2cccn2)c1[N+](=O)[O-]. The van der Waals surface area contributed by atoms with Gasteiger partial charge in [-0.3, -0.25) is 19.6 Å². The van der Waals surface area contributed by atoms with Crippen LogP contribution in [0, 0.1) is 10.1 Å². The molecule has 8 heteroatoms. The van der Waals surface area contributed by atoms with Crippen LogP contribution in [0.4, 0.5) is 5.69 Å². The van der Waals surface area contributed by atoms with E-state index in [2.05, 4.69) is 10.4 Å². The summed E-state index contributed by atoms with van der Waals surface area (Å²) in [7, 11) is 1.35. The van der Waals surface area contributed by atoms with Gasteiger partial charge in [0.2, 0.25) is 0 Å². The molecule has 2 atom stereocenters. The average molecular weight is 344 g/mol. The normalized spacial score (nSPS) is 20.0. The molecule has 0 saturated heterocycles. The van der Waals surface area contributed by atoms with Gasteiger partial charge in [0.1, 0.15) is 5.56 Å². The fourth-order valence-electron chi connectivity index (χ4n) is 3.38. The van der Waals surface area contributed by atoms with Crippen molar-refractivity contribution < 1.29 is 14.5 Å². The number of nitro benzene ring substituents is 1. The Hall–Kier alpha value is -2.90. The van der Waals surface area contributed by atoms with Crippen LogP contribution in [0.3, 0.4) is 0 Å². The van der Waals surface area contributed by atoms with Crippen LogP contribution in [0.1, 0.15) is 42.1 Å². The molecule has 1 aromatic carbocycles. The first-order valence-corrected chi connectivity index (χ1v) is 8.23. The van der Waals surface area contributed by atoms with Crippen molar-refractivity contribution in [1.29, 1.82) is 0 Å². The third-order valence-electron chi connectivity index (χ3n) is 4.56. The number of aromatic nitrogens is 2. The Morgan fingerprint density at radius 3 is 2.84 bits per heavy atom. The third kappa shape index (κ3) is 3.47. The number of hydrogen-bond acceptors (Lipinski definition) is 5. The fourth-order valence-corrected chi connectivity index (χ4v) is 3.38. The van der Waals surface area contributed by atoms with Crippen LogP contribution >= 0.6 is 0 Å². The van der Waals surface area contributed by atoms with Crippen LogP contribution in [0.15, 0.2) is 36.7 Å². The molecular formula is C17H20N4O4. The molecule has 0 spiro atoms. The van der Waals surface area contributed by atoms with Crippen molar-refractivity contribution in [2.75, 3.05) is 7.11 Å². The Balaban J connectivity index is 1.85. The van der Waals surface area contributed by atoms with E-state index in [0.717, 1.165) is 25.7 Å². The van der Waals surface area contributed by atoms with Gasteiger partial charge in [0.15, 0.2) is 5.75 Å². The molecule has 1 N–H and O–H groups in total. The van der Waals surface area contributed by atoms with Gasteiger partial charge in [0.05, 0.1) is 24.1 Å². The number of hydrogen-bond donors (Lipinski definition) is 1. The molecule has 2 aromatic rings. The Bertz CT molecular complexity index is 760. The van der Waals surface area contributed by atoms with Crippen molar-refractivity contribution in [1.82, 2.24) is 15.1 Å². The summed E-state index contributed by atoms with van der Waals surface area (Å²) in [5, 5.41) is 18.6. The van der Waals surface area contributed by atoms with Gasteiger partial charge in [-0.1, -0.05) is 18.9 Å². The summed E-state index contributed by atoms with van der Waals surface area (Å²) in [5.74, 6) is -0.389. The minimum Gasteiger partial charge on any atom is -0.490 e. The number of methoxy groups -OCH3 is 1. The maximum atomic E-state index is 12.7. The first kappa shape index (κ1) is 16.9. The van der Waals surface area contributed by atoms with Gasteiger partial charge in [0.25, 0.3) is 5.91 Å². The number of nitrogens with one attached hydrogen (secondary N) is 1. The summed E-state index contributed by atoms with van der Waals surface area (Å²) in [6.45, 7) is 0. The average Bonchev–Trinajstić information content (AvgIpc) is 3.15. The summed E-state index contributed by atoms with van der Waals surface area (Å²) < 4.78 is 6.88. The van der Waals surface area contributed by atoms with Gasteiger partial charge in [-0.2, -0.15) is 5.10 Å². The number of carbonyl (C=O) groups is 1. The quantitative estimate of drug-likeness (QED) is 0.664. The lowest BCUT2D eigenvalue weighted by Crippen LogP contribution is -2.43. The van der Waals surface area contributed by atoms with Gasteiger partial charge < -0.3 is 10.1 Å². The Kier molecular flexibility index (Phi) is 4.97. The predicted octanol–water partition coefficient (Wildman–Crippen LogP) is 2.71. The molecule has 1 amide bonds. The van der Waals surface area contributed by atoms with E-state index in [1.807, 2.05) is 16.9 Å². The fraction of sp³-hybridized carbons (Fsp3) is 0.412. The molecule has 1 heterocycles. The first-order chi connectivity index (χ1) is 12.1. The van der Waals surface area contributed by atoms with Crippen molar-refractivity contribution in [2.24, 2.45) is 0 Å². The molecule has 1 aliphatic rings. The van der Waals surface area contributed by atoms with E-state index >= 15 is 0 Å². The van der Waals surface area contributed by atoms with Crippen molar-refractivity contribution in [3.63, 3.8) is 0 Å². The molecule has 0 radical (unpaired) electrons. The van der Waals surface area contributed by atoms with E-state index in [4.69, 9.17) is 4.74 Å². The van der Waals surface area contributed by atoms with Crippen LogP contribution in [0.5, 0.6) is 5.75 Å². The van der Waals surface area contributed by atoms with E-state index in [0.29, 0.717) is 0 Å². The zero-order valence-electron chi connectivity index (χ0n) is 13.9. The van der Waals surface area contributed by atoms with Crippen LogP contribution in [0.25, 0.3) is 0 Å². The lowest BCUT2D eigenvalue weighted by atomic mass is 9.90. The molecule has 1 aromatic heterocycles. The molecule has 1 saturated carbocycles. The van der Waals surface area contributed by atoms with Crippen LogP contribution < -0.4 is 10.1 Å². The Morgan fingerprint density at radius 1 is 1.36 bits per heavy atom. The highest BCUT2D eigenvalue weighted by Gasteiger charge is 2.31. The molecule has 1 fully saturated rings. The van der Waals surface area contributed by atoms with Gasteiger partial charge in [-0.25, -0.2) is 0 Å². The van der Waals surface area contributed by atoms with E-state index < -0.39 is 10.8 Å². The number of carbonyl (C=O) groups excluding carboxylic acids is 1. The summed E-state index contributed by atoms with van der Waals surface area (Å²) >= 11 is 0. The monoisotopic (exact) mass is 344 g/mol. The number of ether oxygens (including phenoxy) is 1. The molecule has 3 rings (SSSR count). The Morgan fingerprint density at radius 2 is 2.16 bits per heavy atom. The lowest BCUT2D eigenvalue weighted by molar-refractivity contribution is -0.386. The number of benzene rings is 1. The van der Waals surface area contributed by atoms with E-state index in [1.54, 1.807) is 12.3 Å². The smallest absolute Gasteiger partial charge is 0.323 e. The number of amides is 1. The number of para-hydroxylation sites is 1. The van der Waals surface area contributed by atoms with Crippen LogP contribution in [-0.4, -0.2) is 33.8 Å². The maximum Gasteiger partial charge on any atom is 0.323 e. The highest BCUT2D eigenvalue weighted by molar-refractivity contribution is 5.99. The van der Waals surface area contributed by atoms with Crippen LogP contribution in [0.2, 0.25) is 0 Å². The molecule has 0 unspecified atom stereocenters. The minimum atomic E-state index is -0.584. The van der Waals surface area contributed by atoms with Crippen molar-refractivity contribution in [3.05, 3.63) is 52.3 Å². The highest BCUT2D eigenvalue weighted by Crippen LogP contribution is 2.32. The lowest BCUT2D eigenvalue weighted by Gasteiger charge is -2.32. The largest absolute Gasteiger partial charge is 0.490 e. The maximum absolute atomic E-state index is 12.7. The summed E-state index contributed by atoms with van der Waals surface area (Å²) in [6, 6.07) is 6.28. The third-order valence-corrected chi connectivity index (χ3v) is 4.56. The second-order valence-electron chi connectivity index (χ2n) is 6.03. The Labute approximate surface area is 144 Å². The molecule has 8 nitrogen and oxygen atoms in total. The minimum absolute atomic E-state index is 0.00846. The van der Waals surface area contributed by atoms with E-state index in [-0.39, 0.29) is 29.1 Å². The summed E-state index contributed by atoms with van der Waals surface area (Å²) in [5.41, 5.74) is -0.303. The zero-order valence-corrected chi connectivity index (χ0v) is 13.9.